The molecule has 2 heterocycles. The second kappa shape index (κ2) is 4.74. The molecule has 7 nitrogen and oxygen atoms in total. The number of rotatable bonds is 4. The standard InChI is InChI=1S/C11H11N3O4/c15-8-6-9(11(17)18)14(10(16)7-8)5-4-13-3-1-2-12-13/h1-3,6-7,15H,4-5H2,(H,17,18). The number of pyridine rings is 1. The average molecular weight is 249 g/mol. The lowest BCUT2D eigenvalue weighted by atomic mass is 10.3. The summed E-state index contributed by atoms with van der Waals surface area (Å²) >= 11 is 0. The van der Waals surface area contributed by atoms with E-state index in [0.717, 1.165) is 16.7 Å². The van der Waals surface area contributed by atoms with Crippen LogP contribution < -0.4 is 5.56 Å². The zero-order chi connectivity index (χ0) is 13.1. The van der Waals surface area contributed by atoms with Gasteiger partial charge < -0.3 is 14.8 Å². The lowest BCUT2D eigenvalue weighted by molar-refractivity contribution is 0.0682. The summed E-state index contributed by atoms with van der Waals surface area (Å²) in [5.74, 6) is -1.61. The predicted molar refractivity (Wildman–Crippen MR) is 61.6 cm³/mol. The minimum Gasteiger partial charge on any atom is -0.508 e. The third kappa shape index (κ3) is 2.40. The fourth-order valence-electron chi connectivity index (χ4n) is 1.63. The van der Waals surface area contributed by atoms with Crippen molar-refractivity contribution >= 4 is 5.97 Å². The van der Waals surface area contributed by atoms with Gasteiger partial charge in [0, 0.05) is 31.1 Å². The minimum atomic E-state index is -1.26. The smallest absolute Gasteiger partial charge is 0.352 e. The Labute approximate surface area is 102 Å². The van der Waals surface area contributed by atoms with Gasteiger partial charge in [-0.3, -0.25) is 9.48 Å². The summed E-state index contributed by atoms with van der Waals surface area (Å²) in [6.45, 7) is 0.542. The number of carboxylic acids is 1. The molecule has 0 spiro atoms. The van der Waals surface area contributed by atoms with E-state index in [1.54, 1.807) is 23.1 Å². The molecule has 2 aromatic rings. The van der Waals surface area contributed by atoms with Crippen molar-refractivity contribution in [3.63, 3.8) is 0 Å². The van der Waals surface area contributed by atoms with Gasteiger partial charge in [0.15, 0.2) is 0 Å². The SMILES string of the molecule is O=C(O)c1cc(O)cc(=O)n1CCn1cccn1. The highest BCUT2D eigenvalue weighted by molar-refractivity contribution is 5.86. The number of carboxylic acid groups (broad SMARTS) is 1. The number of hydrogen-bond acceptors (Lipinski definition) is 4. The van der Waals surface area contributed by atoms with Crippen LogP contribution in [0.3, 0.4) is 0 Å². The van der Waals surface area contributed by atoms with Crippen molar-refractivity contribution in [2.45, 2.75) is 13.1 Å². The summed E-state index contributed by atoms with van der Waals surface area (Å²) < 4.78 is 2.68. The number of aromatic carboxylic acids is 1. The molecule has 0 aliphatic carbocycles. The van der Waals surface area contributed by atoms with E-state index in [0.29, 0.717) is 6.54 Å². The topological polar surface area (TPSA) is 97.4 Å². The van der Waals surface area contributed by atoms with Crippen LogP contribution in [-0.2, 0) is 13.1 Å². The predicted octanol–water partition coefficient (Wildman–Crippen LogP) is 0.149. The largest absolute Gasteiger partial charge is 0.508 e. The van der Waals surface area contributed by atoms with Crippen LogP contribution in [0, 0.1) is 0 Å². The lowest BCUT2D eigenvalue weighted by Gasteiger charge is -2.10. The Bertz CT molecular complexity index is 616. The summed E-state index contributed by atoms with van der Waals surface area (Å²) in [7, 11) is 0. The number of aryl methyl sites for hydroxylation is 1. The Morgan fingerprint density at radius 2 is 2.11 bits per heavy atom. The molecule has 2 aromatic heterocycles. The van der Waals surface area contributed by atoms with Crippen LogP contribution >= 0.6 is 0 Å². The highest BCUT2D eigenvalue weighted by Gasteiger charge is 2.12. The van der Waals surface area contributed by atoms with Crippen LogP contribution in [0.25, 0.3) is 0 Å². The average Bonchev–Trinajstić information content (AvgIpc) is 2.79. The van der Waals surface area contributed by atoms with Gasteiger partial charge in [-0.2, -0.15) is 5.10 Å². The minimum absolute atomic E-state index is 0.169. The first-order valence-corrected chi connectivity index (χ1v) is 5.22. The molecule has 0 saturated carbocycles. The van der Waals surface area contributed by atoms with Gasteiger partial charge in [0.1, 0.15) is 11.4 Å². The van der Waals surface area contributed by atoms with Crippen molar-refractivity contribution in [2.24, 2.45) is 0 Å². The van der Waals surface area contributed by atoms with E-state index in [1.165, 1.54) is 0 Å². The Morgan fingerprint density at radius 1 is 1.33 bits per heavy atom. The number of carbonyl (C=O) groups is 1. The van der Waals surface area contributed by atoms with E-state index >= 15 is 0 Å². The van der Waals surface area contributed by atoms with Gasteiger partial charge in [0.2, 0.25) is 0 Å². The van der Waals surface area contributed by atoms with E-state index in [1.807, 2.05) is 0 Å². The lowest BCUT2D eigenvalue weighted by Crippen LogP contribution is -2.27. The first-order chi connectivity index (χ1) is 8.58. The number of hydrogen-bond donors (Lipinski definition) is 2. The van der Waals surface area contributed by atoms with E-state index < -0.39 is 11.5 Å². The fourth-order valence-corrected chi connectivity index (χ4v) is 1.63. The maximum absolute atomic E-state index is 11.6. The maximum atomic E-state index is 11.6. The Kier molecular flexibility index (Phi) is 3.13. The molecule has 2 N–H and O–H groups in total. The summed E-state index contributed by atoms with van der Waals surface area (Å²) in [4.78, 5) is 22.6. The normalized spacial score (nSPS) is 10.4. The molecule has 18 heavy (non-hydrogen) atoms. The van der Waals surface area contributed by atoms with E-state index in [9.17, 15) is 14.7 Å². The molecule has 0 atom stereocenters. The van der Waals surface area contributed by atoms with Crippen molar-refractivity contribution in [2.75, 3.05) is 0 Å². The van der Waals surface area contributed by atoms with Crippen LogP contribution in [0.4, 0.5) is 0 Å². The van der Waals surface area contributed by atoms with Crippen molar-refractivity contribution in [3.8, 4) is 5.75 Å². The molecule has 0 radical (unpaired) electrons. The highest BCUT2D eigenvalue weighted by Crippen LogP contribution is 2.08. The van der Waals surface area contributed by atoms with Gasteiger partial charge in [-0.1, -0.05) is 0 Å². The van der Waals surface area contributed by atoms with Gasteiger partial charge in [0.25, 0.3) is 5.56 Å². The molecule has 0 aromatic carbocycles. The fraction of sp³-hybridized carbons (Fsp3) is 0.182. The molecule has 0 aliphatic rings. The molecule has 0 bridgehead atoms. The van der Waals surface area contributed by atoms with Gasteiger partial charge in [-0.05, 0) is 6.07 Å². The van der Waals surface area contributed by atoms with Crippen LogP contribution in [0.2, 0.25) is 0 Å². The molecule has 0 amide bonds. The second-order valence-electron chi connectivity index (χ2n) is 3.66. The molecule has 0 aliphatic heterocycles. The Balaban J connectivity index is 2.31. The summed E-state index contributed by atoms with van der Waals surface area (Å²) in [6, 6.07) is 3.76. The molecule has 0 saturated heterocycles. The van der Waals surface area contributed by atoms with Crippen LogP contribution in [0.5, 0.6) is 5.75 Å². The van der Waals surface area contributed by atoms with Gasteiger partial charge in [-0.15, -0.1) is 0 Å². The molecule has 7 heteroatoms. The monoisotopic (exact) mass is 249 g/mol. The van der Waals surface area contributed by atoms with E-state index in [-0.39, 0.29) is 18.0 Å². The van der Waals surface area contributed by atoms with Crippen molar-refractivity contribution in [3.05, 3.63) is 46.6 Å². The zero-order valence-electron chi connectivity index (χ0n) is 9.35. The molecular formula is C11H11N3O4. The third-order valence-electron chi connectivity index (χ3n) is 2.44. The van der Waals surface area contributed by atoms with Gasteiger partial charge in [-0.25, -0.2) is 4.79 Å². The summed E-state index contributed by atoms with van der Waals surface area (Å²) in [5, 5.41) is 22.2. The van der Waals surface area contributed by atoms with Crippen LogP contribution in [-0.4, -0.2) is 30.5 Å². The number of nitrogens with zero attached hydrogens (tertiary/aromatic N) is 3. The van der Waals surface area contributed by atoms with E-state index in [2.05, 4.69) is 5.10 Å². The van der Waals surface area contributed by atoms with Crippen LogP contribution in [0.1, 0.15) is 10.5 Å². The number of aromatic nitrogens is 3. The highest BCUT2D eigenvalue weighted by atomic mass is 16.4. The first-order valence-electron chi connectivity index (χ1n) is 5.22. The molecule has 0 unspecified atom stereocenters. The molecule has 2 rings (SSSR count). The molecular weight excluding hydrogens is 238 g/mol. The maximum Gasteiger partial charge on any atom is 0.352 e. The van der Waals surface area contributed by atoms with E-state index in [4.69, 9.17) is 5.11 Å². The van der Waals surface area contributed by atoms with Gasteiger partial charge in [0.05, 0.1) is 6.54 Å². The zero-order valence-corrected chi connectivity index (χ0v) is 9.35. The summed E-state index contributed by atoms with van der Waals surface area (Å²) in [5.41, 5.74) is -0.799. The number of aromatic hydroxyl groups is 1. The van der Waals surface area contributed by atoms with Crippen molar-refractivity contribution < 1.29 is 15.0 Å². The Morgan fingerprint density at radius 3 is 2.72 bits per heavy atom. The van der Waals surface area contributed by atoms with Crippen molar-refractivity contribution in [1.82, 2.24) is 14.3 Å². The summed E-state index contributed by atoms with van der Waals surface area (Å²) in [6.07, 6.45) is 3.31. The quantitative estimate of drug-likeness (QED) is 0.803. The first kappa shape index (κ1) is 11.9. The second-order valence-corrected chi connectivity index (χ2v) is 3.66. The Hall–Kier alpha value is -2.57. The molecule has 0 fully saturated rings. The van der Waals surface area contributed by atoms with Crippen molar-refractivity contribution in [1.29, 1.82) is 0 Å². The third-order valence-corrected chi connectivity index (χ3v) is 2.44. The molecule has 94 valence electrons. The van der Waals surface area contributed by atoms with Crippen LogP contribution in [0.15, 0.2) is 35.4 Å². The van der Waals surface area contributed by atoms with Gasteiger partial charge >= 0.3 is 5.97 Å².